The number of hydrogen-bond acceptors (Lipinski definition) is 6. The highest BCUT2D eigenvalue weighted by molar-refractivity contribution is 7.99. The molecule has 8 nitrogen and oxygen atoms in total. The van der Waals surface area contributed by atoms with Gasteiger partial charge in [-0.25, -0.2) is 9.67 Å². The van der Waals surface area contributed by atoms with E-state index in [0.29, 0.717) is 17.3 Å². The Morgan fingerprint density at radius 1 is 1.19 bits per heavy atom. The first-order valence-corrected chi connectivity index (χ1v) is 9.38. The molecule has 9 heteroatoms. The molecule has 0 fully saturated rings. The van der Waals surface area contributed by atoms with Gasteiger partial charge in [0.15, 0.2) is 0 Å². The van der Waals surface area contributed by atoms with Crippen molar-refractivity contribution < 1.29 is 4.79 Å². The van der Waals surface area contributed by atoms with Crippen LogP contribution in [0, 0.1) is 0 Å². The molecule has 0 radical (unpaired) electrons. The predicted molar refractivity (Wildman–Crippen MR) is 104 cm³/mol. The van der Waals surface area contributed by atoms with Crippen LogP contribution in [0.1, 0.15) is 6.42 Å². The summed E-state index contributed by atoms with van der Waals surface area (Å²) in [5, 5.41) is 14.8. The van der Waals surface area contributed by atoms with Gasteiger partial charge >= 0.3 is 0 Å². The van der Waals surface area contributed by atoms with E-state index in [-0.39, 0.29) is 5.91 Å². The van der Waals surface area contributed by atoms with Gasteiger partial charge in [0.25, 0.3) is 0 Å². The fourth-order valence-corrected chi connectivity index (χ4v) is 3.39. The summed E-state index contributed by atoms with van der Waals surface area (Å²) in [7, 11) is 1.77. The van der Waals surface area contributed by atoms with Gasteiger partial charge in [-0.05, 0) is 46.8 Å². The van der Waals surface area contributed by atoms with E-state index < -0.39 is 0 Å². The molecule has 2 aromatic heterocycles. The molecule has 0 aliphatic heterocycles. The number of hydrogen-bond donors (Lipinski definition) is 2. The molecule has 0 atom stereocenters. The van der Waals surface area contributed by atoms with E-state index in [1.807, 2.05) is 48.5 Å². The maximum atomic E-state index is 12.1. The van der Waals surface area contributed by atoms with Crippen molar-refractivity contribution in [1.29, 1.82) is 0 Å². The molecule has 0 aliphatic rings. The lowest BCUT2D eigenvalue weighted by Gasteiger charge is -2.05. The smallest absolute Gasteiger partial charge is 0.225 e. The van der Waals surface area contributed by atoms with Crippen LogP contribution in [0.2, 0.25) is 0 Å². The van der Waals surface area contributed by atoms with Crippen LogP contribution in [0.3, 0.4) is 0 Å². The standard InChI is InChI=1S/C18H17N7OS/c1-25-18(22-23-24-25)27-11-10-16(26)19-13-8-6-12(7-9-13)17-20-14-4-2-3-5-15(14)21-17/h2-9H,10-11H2,1H3,(H,19,26)(H,20,21). The van der Waals surface area contributed by atoms with E-state index in [1.165, 1.54) is 11.8 Å². The average Bonchev–Trinajstić information content (AvgIpc) is 3.28. The van der Waals surface area contributed by atoms with Crippen molar-refractivity contribution in [1.82, 2.24) is 30.2 Å². The minimum Gasteiger partial charge on any atom is -0.338 e. The Morgan fingerprint density at radius 3 is 2.74 bits per heavy atom. The van der Waals surface area contributed by atoms with Gasteiger partial charge in [-0.2, -0.15) is 0 Å². The Morgan fingerprint density at radius 2 is 2.00 bits per heavy atom. The van der Waals surface area contributed by atoms with Gasteiger partial charge in [0.1, 0.15) is 5.82 Å². The third-order valence-electron chi connectivity index (χ3n) is 3.97. The lowest BCUT2D eigenvalue weighted by Crippen LogP contribution is -2.12. The first kappa shape index (κ1) is 17.2. The van der Waals surface area contributed by atoms with Crippen molar-refractivity contribution in [3.63, 3.8) is 0 Å². The monoisotopic (exact) mass is 379 g/mol. The van der Waals surface area contributed by atoms with Crippen molar-refractivity contribution >= 4 is 34.4 Å². The number of para-hydroxylation sites is 2. The summed E-state index contributed by atoms with van der Waals surface area (Å²) in [4.78, 5) is 20.0. The minimum absolute atomic E-state index is 0.0471. The lowest BCUT2D eigenvalue weighted by molar-refractivity contribution is -0.115. The number of nitrogens with zero attached hydrogens (tertiary/aromatic N) is 5. The quantitative estimate of drug-likeness (QED) is 0.500. The van der Waals surface area contributed by atoms with Gasteiger partial charge in [-0.3, -0.25) is 4.79 Å². The summed E-state index contributed by atoms with van der Waals surface area (Å²) >= 11 is 1.45. The molecule has 2 aromatic carbocycles. The highest BCUT2D eigenvalue weighted by Gasteiger charge is 2.08. The van der Waals surface area contributed by atoms with Gasteiger partial charge in [0.05, 0.1) is 11.0 Å². The fourth-order valence-electron chi connectivity index (χ4n) is 2.60. The predicted octanol–water partition coefficient (Wildman–Crippen LogP) is 2.87. The summed E-state index contributed by atoms with van der Waals surface area (Å²) < 4.78 is 1.58. The molecule has 1 amide bonds. The Balaban J connectivity index is 1.34. The van der Waals surface area contributed by atoms with E-state index >= 15 is 0 Å². The van der Waals surface area contributed by atoms with Gasteiger partial charge in [-0.15, -0.1) is 5.10 Å². The summed E-state index contributed by atoms with van der Waals surface area (Å²) in [6.45, 7) is 0. The van der Waals surface area contributed by atoms with Crippen LogP contribution < -0.4 is 5.32 Å². The van der Waals surface area contributed by atoms with Crippen molar-refractivity contribution in [2.45, 2.75) is 11.6 Å². The number of amides is 1. The fraction of sp³-hybridized carbons (Fsp3) is 0.167. The van der Waals surface area contributed by atoms with Gasteiger partial charge in [0, 0.05) is 30.5 Å². The molecule has 2 heterocycles. The maximum Gasteiger partial charge on any atom is 0.225 e. The second-order valence-corrected chi connectivity index (χ2v) is 6.97. The molecule has 0 aliphatic carbocycles. The Kier molecular flexibility index (Phi) is 4.84. The number of H-pyrrole nitrogens is 1. The van der Waals surface area contributed by atoms with Crippen LogP contribution >= 0.6 is 11.8 Å². The molecule has 2 N–H and O–H groups in total. The second-order valence-electron chi connectivity index (χ2n) is 5.91. The van der Waals surface area contributed by atoms with Crippen LogP contribution in [0.15, 0.2) is 53.7 Å². The largest absolute Gasteiger partial charge is 0.338 e. The lowest BCUT2D eigenvalue weighted by atomic mass is 10.2. The van der Waals surface area contributed by atoms with E-state index in [9.17, 15) is 4.79 Å². The number of rotatable bonds is 6. The van der Waals surface area contributed by atoms with Crippen molar-refractivity contribution in [2.75, 3.05) is 11.1 Å². The molecule has 27 heavy (non-hydrogen) atoms. The average molecular weight is 379 g/mol. The number of anilines is 1. The Labute approximate surface area is 159 Å². The topological polar surface area (TPSA) is 101 Å². The minimum atomic E-state index is -0.0471. The van der Waals surface area contributed by atoms with Crippen molar-refractivity contribution in [2.24, 2.45) is 7.05 Å². The van der Waals surface area contributed by atoms with Crippen LogP contribution in [-0.4, -0.2) is 41.8 Å². The van der Waals surface area contributed by atoms with Crippen molar-refractivity contribution in [3.8, 4) is 11.4 Å². The molecule has 0 spiro atoms. The second kappa shape index (κ2) is 7.58. The molecule has 0 saturated carbocycles. The zero-order valence-electron chi connectivity index (χ0n) is 14.6. The van der Waals surface area contributed by atoms with E-state index in [2.05, 4.69) is 30.8 Å². The Hall–Kier alpha value is -3.20. The zero-order valence-corrected chi connectivity index (χ0v) is 15.4. The first-order valence-electron chi connectivity index (χ1n) is 8.39. The number of carbonyl (C=O) groups excluding carboxylic acids is 1. The number of aryl methyl sites for hydroxylation is 1. The number of aromatic amines is 1. The highest BCUT2D eigenvalue weighted by Crippen LogP contribution is 2.22. The number of thioether (sulfide) groups is 1. The van der Waals surface area contributed by atoms with Gasteiger partial charge in [-0.1, -0.05) is 23.9 Å². The Bertz CT molecular complexity index is 1040. The maximum absolute atomic E-state index is 12.1. The zero-order chi connectivity index (χ0) is 18.6. The third kappa shape index (κ3) is 3.98. The molecular weight excluding hydrogens is 362 g/mol. The molecule has 4 rings (SSSR count). The van der Waals surface area contributed by atoms with Crippen LogP contribution in [0.5, 0.6) is 0 Å². The molecule has 0 unspecified atom stereocenters. The number of fused-ring (bicyclic) bond motifs is 1. The summed E-state index contributed by atoms with van der Waals surface area (Å²) in [5.41, 5.74) is 3.65. The number of carbonyl (C=O) groups is 1. The number of nitrogens with one attached hydrogen (secondary N) is 2. The van der Waals surface area contributed by atoms with Crippen molar-refractivity contribution in [3.05, 3.63) is 48.5 Å². The third-order valence-corrected chi connectivity index (χ3v) is 4.99. The molecule has 0 saturated heterocycles. The molecule has 136 valence electrons. The molecule has 0 bridgehead atoms. The van der Waals surface area contributed by atoms with Crippen LogP contribution in [0.25, 0.3) is 22.4 Å². The van der Waals surface area contributed by atoms with Crippen LogP contribution in [-0.2, 0) is 11.8 Å². The van der Waals surface area contributed by atoms with E-state index in [0.717, 1.165) is 28.1 Å². The number of aromatic nitrogens is 6. The molecule has 4 aromatic rings. The van der Waals surface area contributed by atoms with Gasteiger partial charge in [0.2, 0.25) is 11.1 Å². The first-order chi connectivity index (χ1) is 13.2. The summed E-state index contributed by atoms with van der Waals surface area (Å²) in [6.07, 6.45) is 0.378. The SMILES string of the molecule is Cn1nnnc1SCCC(=O)Nc1ccc(-c2nc3ccccc3[nH]2)cc1. The van der Waals surface area contributed by atoms with E-state index in [4.69, 9.17) is 0 Å². The number of imidazole rings is 1. The highest BCUT2D eigenvalue weighted by atomic mass is 32.2. The summed E-state index contributed by atoms with van der Waals surface area (Å²) in [6, 6.07) is 15.5. The molecular formula is C18H17N7OS. The van der Waals surface area contributed by atoms with Gasteiger partial charge < -0.3 is 10.3 Å². The van der Waals surface area contributed by atoms with Crippen LogP contribution in [0.4, 0.5) is 5.69 Å². The number of tetrazole rings is 1. The summed E-state index contributed by atoms with van der Waals surface area (Å²) in [5.74, 6) is 1.37. The normalized spacial score (nSPS) is 11.0. The van der Waals surface area contributed by atoms with E-state index in [1.54, 1.807) is 11.7 Å². The number of benzene rings is 2.